The van der Waals surface area contributed by atoms with Gasteiger partial charge in [0.25, 0.3) is 11.5 Å². The van der Waals surface area contributed by atoms with Crippen molar-refractivity contribution >= 4 is 33.4 Å². The molecule has 0 bridgehead atoms. The summed E-state index contributed by atoms with van der Waals surface area (Å²) in [4.78, 5) is 38.9. The standard InChI is InChI=1S/C12H13N3O4S/c1-6-8-11(20-9(6)10(13)18)14-5-15(12(8)19)4-2-3-7(16)17/h5H,2-4H2,1H3,(H2,13,18)(H,16,17). The molecule has 7 nitrogen and oxygen atoms in total. The third-order valence-corrected chi connectivity index (χ3v) is 4.15. The highest BCUT2D eigenvalue weighted by atomic mass is 32.1. The van der Waals surface area contributed by atoms with Crippen LogP contribution in [0.5, 0.6) is 0 Å². The van der Waals surface area contributed by atoms with E-state index in [0.717, 1.165) is 11.3 Å². The van der Waals surface area contributed by atoms with E-state index < -0.39 is 11.9 Å². The Labute approximate surface area is 117 Å². The number of aromatic nitrogens is 2. The van der Waals surface area contributed by atoms with Gasteiger partial charge in [-0.3, -0.25) is 19.0 Å². The molecular weight excluding hydrogens is 282 g/mol. The van der Waals surface area contributed by atoms with Crippen LogP contribution in [0.2, 0.25) is 0 Å². The number of carbonyl (C=O) groups excluding carboxylic acids is 1. The van der Waals surface area contributed by atoms with Crippen molar-refractivity contribution in [2.75, 3.05) is 0 Å². The number of carbonyl (C=O) groups is 2. The molecule has 0 aliphatic heterocycles. The Balaban J connectivity index is 2.43. The molecule has 3 N–H and O–H groups in total. The Bertz CT molecular complexity index is 747. The van der Waals surface area contributed by atoms with Crippen LogP contribution in [0.25, 0.3) is 10.2 Å². The molecule has 1 amide bonds. The van der Waals surface area contributed by atoms with Gasteiger partial charge in [0.1, 0.15) is 4.83 Å². The zero-order valence-electron chi connectivity index (χ0n) is 10.8. The van der Waals surface area contributed by atoms with Crippen molar-refractivity contribution in [3.05, 3.63) is 27.1 Å². The summed E-state index contributed by atoms with van der Waals surface area (Å²) in [7, 11) is 0. The third-order valence-electron chi connectivity index (χ3n) is 2.93. The molecule has 0 fully saturated rings. The zero-order valence-corrected chi connectivity index (χ0v) is 11.6. The number of aryl methyl sites for hydroxylation is 2. The van der Waals surface area contributed by atoms with Gasteiger partial charge in [0.2, 0.25) is 0 Å². The monoisotopic (exact) mass is 295 g/mol. The molecule has 0 atom stereocenters. The van der Waals surface area contributed by atoms with Crippen LogP contribution in [0.1, 0.15) is 28.1 Å². The van der Waals surface area contributed by atoms with E-state index in [1.54, 1.807) is 6.92 Å². The van der Waals surface area contributed by atoms with Crippen molar-refractivity contribution in [2.45, 2.75) is 26.3 Å². The highest BCUT2D eigenvalue weighted by molar-refractivity contribution is 7.20. The molecule has 0 aromatic carbocycles. The summed E-state index contributed by atoms with van der Waals surface area (Å²) in [6, 6.07) is 0. The average molecular weight is 295 g/mol. The van der Waals surface area contributed by atoms with Crippen LogP contribution >= 0.6 is 11.3 Å². The summed E-state index contributed by atoms with van der Waals surface area (Å²) in [5, 5.41) is 8.96. The van der Waals surface area contributed by atoms with Crippen LogP contribution in [-0.4, -0.2) is 26.5 Å². The minimum atomic E-state index is -0.908. The van der Waals surface area contributed by atoms with Gasteiger partial charge < -0.3 is 10.8 Å². The number of aliphatic carboxylic acids is 1. The van der Waals surface area contributed by atoms with Crippen molar-refractivity contribution in [1.82, 2.24) is 9.55 Å². The topological polar surface area (TPSA) is 115 Å². The molecule has 0 aliphatic carbocycles. The van der Waals surface area contributed by atoms with E-state index >= 15 is 0 Å². The highest BCUT2D eigenvalue weighted by Crippen LogP contribution is 2.26. The number of rotatable bonds is 5. The SMILES string of the molecule is Cc1c(C(N)=O)sc2ncn(CCCC(=O)O)c(=O)c12. The second-order valence-corrected chi connectivity index (χ2v) is 5.34. The summed E-state index contributed by atoms with van der Waals surface area (Å²) in [6.07, 6.45) is 1.70. The van der Waals surface area contributed by atoms with Gasteiger partial charge in [-0.15, -0.1) is 11.3 Å². The van der Waals surface area contributed by atoms with Crippen molar-refractivity contribution < 1.29 is 14.7 Å². The number of carboxylic acids is 1. The quantitative estimate of drug-likeness (QED) is 0.843. The Morgan fingerprint density at radius 2 is 2.20 bits per heavy atom. The van der Waals surface area contributed by atoms with Crippen molar-refractivity contribution in [3.8, 4) is 0 Å². The van der Waals surface area contributed by atoms with E-state index in [1.807, 2.05) is 0 Å². The molecule has 0 aliphatic rings. The predicted molar refractivity (Wildman–Crippen MR) is 74.0 cm³/mol. The van der Waals surface area contributed by atoms with E-state index in [2.05, 4.69) is 4.98 Å². The van der Waals surface area contributed by atoms with E-state index in [0.29, 0.717) is 27.1 Å². The molecule has 2 heterocycles. The van der Waals surface area contributed by atoms with Crippen molar-refractivity contribution in [2.24, 2.45) is 5.73 Å². The smallest absolute Gasteiger partial charge is 0.303 e. The van der Waals surface area contributed by atoms with E-state index in [1.165, 1.54) is 10.9 Å². The van der Waals surface area contributed by atoms with Gasteiger partial charge in [0.15, 0.2) is 0 Å². The molecule has 2 rings (SSSR count). The Morgan fingerprint density at radius 1 is 1.50 bits per heavy atom. The van der Waals surface area contributed by atoms with Crippen LogP contribution in [0.3, 0.4) is 0 Å². The maximum absolute atomic E-state index is 12.3. The van der Waals surface area contributed by atoms with Gasteiger partial charge in [0, 0.05) is 13.0 Å². The molecule has 106 valence electrons. The Kier molecular flexibility index (Phi) is 3.84. The summed E-state index contributed by atoms with van der Waals surface area (Å²) in [5.41, 5.74) is 5.50. The second kappa shape index (κ2) is 5.41. The summed E-state index contributed by atoms with van der Waals surface area (Å²) in [6.45, 7) is 1.93. The normalized spacial score (nSPS) is 10.8. The lowest BCUT2D eigenvalue weighted by molar-refractivity contribution is -0.137. The molecule has 0 saturated heterocycles. The number of fused-ring (bicyclic) bond motifs is 1. The summed E-state index contributed by atoms with van der Waals surface area (Å²) < 4.78 is 1.36. The van der Waals surface area contributed by atoms with E-state index in [4.69, 9.17) is 10.8 Å². The minimum absolute atomic E-state index is 0.0143. The number of thiophene rings is 1. The number of amides is 1. The first-order chi connectivity index (χ1) is 9.41. The lowest BCUT2D eigenvalue weighted by Crippen LogP contribution is -2.21. The number of nitrogens with zero attached hydrogens (tertiary/aromatic N) is 2. The number of primary amides is 1. The molecular formula is C12H13N3O4S. The molecule has 20 heavy (non-hydrogen) atoms. The summed E-state index contributed by atoms with van der Waals surface area (Å²) in [5.74, 6) is -1.49. The van der Waals surface area contributed by atoms with Gasteiger partial charge in [0.05, 0.1) is 16.6 Å². The Hall–Kier alpha value is -2.22. The van der Waals surface area contributed by atoms with Gasteiger partial charge in [-0.1, -0.05) is 0 Å². The maximum atomic E-state index is 12.3. The number of nitrogens with two attached hydrogens (primary N) is 1. The van der Waals surface area contributed by atoms with Gasteiger partial charge in [-0.2, -0.15) is 0 Å². The fourth-order valence-electron chi connectivity index (χ4n) is 1.95. The number of hydrogen-bond donors (Lipinski definition) is 2. The van der Waals surface area contributed by atoms with Crippen LogP contribution < -0.4 is 11.3 Å². The first-order valence-corrected chi connectivity index (χ1v) is 6.73. The lowest BCUT2D eigenvalue weighted by atomic mass is 10.2. The fourth-order valence-corrected chi connectivity index (χ4v) is 2.95. The first-order valence-electron chi connectivity index (χ1n) is 5.92. The van der Waals surface area contributed by atoms with Crippen molar-refractivity contribution in [3.63, 3.8) is 0 Å². The highest BCUT2D eigenvalue weighted by Gasteiger charge is 2.17. The van der Waals surface area contributed by atoms with Crippen LogP contribution in [0.15, 0.2) is 11.1 Å². The first kappa shape index (κ1) is 14.2. The lowest BCUT2D eigenvalue weighted by Gasteiger charge is -2.03. The maximum Gasteiger partial charge on any atom is 0.303 e. The van der Waals surface area contributed by atoms with E-state index in [-0.39, 0.29) is 18.5 Å². The zero-order chi connectivity index (χ0) is 14.9. The van der Waals surface area contributed by atoms with Crippen LogP contribution in [0, 0.1) is 6.92 Å². The molecule has 0 spiro atoms. The predicted octanol–water partition coefficient (Wildman–Crippen LogP) is 0.730. The molecule has 0 radical (unpaired) electrons. The summed E-state index contributed by atoms with van der Waals surface area (Å²) >= 11 is 1.09. The van der Waals surface area contributed by atoms with Gasteiger partial charge in [-0.25, -0.2) is 4.98 Å². The van der Waals surface area contributed by atoms with E-state index in [9.17, 15) is 14.4 Å². The van der Waals surface area contributed by atoms with Crippen molar-refractivity contribution in [1.29, 1.82) is 0 Å². The Morgan fingerprint density at radius 3 is 2.80 bits per heavy atom. The molecule has 2 aromatic heterocycles. The molecule has 0 unspecified atom stereocenters. The fraction of sp³-hybridized carbons (Fsp3) is 0.333. The number of hydrogen-bond acceptors (Lipinski definition) is 5. The molecule has 8 heteroatoms. The van der Waals surface area contributed by atoms with Gasteiger partial charge in [-0.05, 0) is 18.9 Å². The number of carboxylic acid groups (broad SMARTS) is 1. The largest absolute Gasteiger partial charge is 0.481 e. The molecule has 2 aromatic rings. The molecule has 0 saturated carbocycles. The second-order valence-electron chi connectivity index (χ2n) is 4.34. The average Bonchev–Trinajstić information content (AvgIpc) is 2.70. The van der Waals surface area contributed by atoms with Crippen LogP contribution in [0.4, 0.5) is 0 Å². The third kappa shape index (κ3) is 2.55. The van der Waals surface area contributed by atoms with Crippen LogP contribution in [-0.2, 0) is 11.3 Å². The minimum Gasteiger partial charge on any atom is -0.481 e. The van der Waals surface area contributed by atoms with Gasteiger partial charge >= 0.3 is 5.97 Å².